The number of aliphatic hydroxyl groups is 1. The first kappa shape index (κ1) is 20.5. The van der Waals surface area contributed by atoms with Crippen LogP contribution in [-0.4, -0.2) is 46.4 Å². The lowest BCUT2D eigenvalue weighted by Gasteiger charge is -2.40. The Bertz CT molecular complexity index is 692. The van der Waals surface area contributed by atoms with E-state index in [1.807, 2.05) is 33.9 Å². The zero-order valence-corrected chi connectivity index (χ0v) is 17.6. The minimum absolute atomic E-state index is 0.0334. The van der Waals surface area contributed by atoms with Crippen molar-refractivity contribution < 1.29 is 18.7 Å². The van der Waals surface area contributed by atoms with Crippen LogP contribution in [0.4, 0.5) is 10.2 Å². The maximum Gasteiger partial charge on any atom is 0.351 e. The fraction of sp³-hybridized carbons (Fsp3) is 0.733. The number of halogens is 2. The van der Waals surface area contributed by atoms with Crippen molar-refractivity contribution in [2.45, 2.75) is 61.9 Å². The van der Waals surface area contributed by atoms with Crippen LogP contribution in [0.1, 0.15) is 27.0 Å². The third-order valence-corrected chi connectivity index (χ3v) is 10.2. The number of anilines is 1. The summed E-state index contributed by atoms with van der Waals surface area (Å²) in [7, 11) is -2.35. The second kappa shape index (κ2) is 6.73. The molecular formula is C15H25BrFN3O4Si. The Balaban J connectivity index is 2.41. The highest BCUT2D eigenvalue weighted by atomic mass is 79.9. The fourth-order valence-corrected chi connectivity index (χ4v) is 4.56. The summed E-state index contributed by atoms with van der Waals surface area (Å²) in [6.45, 7) is 9.61. The van der Waals surface area contributed by atoms with E-state index in [2.05, 4.69) is 20.9 Å². The van der Waals surface area contributed by atoms with Gasteiger partial charge in [-0.3, -0.25) is 4.57 Å². The van der Waals surface area contributed by atoms with Crippen molar-refractivity contribution in [3.63, 3.8) is 0 Å². The normalized spacial score (nSPS) is 30.6. The molecule has 1 aliphatic rings. The first-order valence-corrected chi connectivity index (χ1v) is 11.7. The second-order valence-corrected chi connectivity index (χ2v) is 13.7. The number of nitrogens with zero attached hydrogens (tertiary/aromatic N) is 2. The van der Waals surface area contributed by atoms with E-state index in [0.29, 0.717) is 0 Å². The average molecular weight is 438 g/mol. The van der Waals surface area contributed by atoms with E-state index >= 15 is 4.39 Å². The number of ether oxygens (including phenoxy) is 1. The van der Waals surface area contributed by atoms with Gasteiger partial charge in [0.25, 0.3) is 0 Å². The Morgan fingerprint density at radius 3 is 2.64 bits per heavy atom. The Labute approximate surface area is 155 Å². The summed E-state index contributed by atoms with van der Waals surface area (Å²) in [5, 5.41) is 9.49. The molecule has 4 atom stereocenters. The molecule has 0 radical (unpaired) electrons. The Morgan fingerprint density at radius 1 is 1.56 bits per heavy atom. The maximum atomic E-state index is 15.6. The SMILES string of the molecule is CC(C)(C)[Si](C)(C)O[C@@H]1[C@@H](CO)O[C@@H](n2ccc(N)nc2=O)[C@]1(F)Br. The zero-order chi connectivity index (χ0) is 19.2. The number of nitrogens with two attached hydrogens (primary N) is 1. The highest BCUT2D eigenvalue weighted by Crippen LogP contribution is 2.50. The van der Waals surface area contributed by atoms with Crippen molar-refractivity contribution in [3.05, 3.63) is 22.7 Å². The molecule has 0 aromatic carbocycles. The third-order valence-electron chi connectivity index (χ3n) is 4.86. The van der Waals surface area contributed by atoms with Crippen LogP contribution in [-0.2, 0) is 9.16 Å². The molecule has 7 nitrogen and oxygen atoms in total. The Kier molecular flexibility index (Phi) is 5.52. The van der Waals surface area contributed by atoms with Gasteiger partial charge in [0.15, 0.2) is 14.5 Å². The summed E-state index contributed by atoms with van der Waals surface area (Å²) >= 11 is 3.04. The molecule has 1 fully saturated rings. The molecule has 1 saturated heterocycles. The number of rotatable bonds is 4. The first-order valence-electron chi connectivity index (χ1n) is 7.98. The van der Waals surface area contributed by atoms with E-state index < -0.39 is 43.6 Å². The van der Waals surface area contributed by atoms with E-state index in [0.717, 1.165) is 4.57 Å². The van der Waals surface area contributed by atoms with Crippen LogP contribution in [0.2, 0.25) is 18.1 Å². The van der Waals surface area contributed by atoms with Gasteiger partial charge in [0.05, 0.1) is 6.61 Å². The van der Waals surface area contributed by atoms with Gasteiger partial charge in [-0.2, -0.15) is 4.98 Å². The molecule has 142 valence electrons. The Hall–Kier alpha value is -0.813. The zero-order valence-electron chi connectivity index (χ0n) is 15.0. The van der Waals surface area contributed by atoms with E-state index in [1.54, 1.807) is 0 Å². The molecule has 3 N–H and O–H groups in total. The van der Waals surface area contributed by atoms with Gasteiger partial charge in [0, 0.05) is 6.20 Å². The minimum Gasteiger partial charge on any atom is -0.407 e. The smallest absolute Gasteiger partial charge is 0.351 e. The van der Waals surface area contributed by atoms with Gasteiger partial charge in [-0.1, -0.05) is 20.8 Å². The fourth-order valence-electron chi connectivity index (χ4n) is 2.36. The summed E-state index contributed by atoms with van der Waals surface area (Å²) < 4.78 is 26.2. The van der Waals surface area contributed by atoms with E-state index in [4.69, 9.17) is 14.9 Å². The lowest BCUT2D eigenvalue weighted by molar-refractivity contribution is -0.0496. The molecule has 10 heteroatoms. The third kappa shape index (κ3) is 3.82. The number of hydrogen-bond acceptors (Lipinski definition) is 6. The highest BCUT2D eigenvalue weighted by Gasteiger charge is 2.60. The van der Waals surface area contributed by atoms with E-state index in [1.165, 1.54) is 12.3 Å². The summed E-state index contributed by atoms with van der Waals surface area (Å²) in [5.41, 5.74) is 4.74. The van der Waals surface area contributed by atoms with Crippen LogP contribution in [0, 0.1) is 0 Å². The molecule has 2 rings (SSSR count). The summed E-state index contributed by atoms with van der Waals surface area (Å²) in [6.07, 6.45) is -2.02. The molecule has 25 heavy (non-hydrogen) atoms. The predicted octanol–water partition coefficient (Wildman–Crippen LogP) is 2.17. The molecule has 0 amide bonds. The number of alkyl halides is 2. The standard InChI is InChI=1S/C15H25BrFN3O4Si/c1-14(2,3)25(4,5)24-11-9(8-21)23-12(15(11,16)17)20-7-6-10(18)19-13(20)22/h6-7,9,11-12,21H,8H2,1-5H3,(H2,18,19,22)/t9-,11-,12-,15+/m1/s1. The molecule has 0 bridgehead atoms. The molecular weight excluding hydrogens is 413 g/mol. The van der Waals surface area contributed by atoms with Crippen molar-refractivity contribution in [3.8, 4) is 0 Å². The molecule has 1 aromatic rings. The van der Waals surface area contributed by atoms with E-state index in [-0.39, 0.29) is 10.9 Å². The number of aromatic nitrogens is 2. The van der Waals surface area contributed by atoms with Crippen molar-refractivity contribution in [1.29, 1.82) is 0 Å². The molecule has 2 heterocycles. The first-order chi connectivity index (χ1) is 11.3. The highest BCUT2D eigenvalue weighted by molar-refractivity contribution is 9.10. The van der Waals surface area contributed by atoms with Crippen molar-refractivity contribution in [1.82, 2.24) is 9.55 Å². The van der Waals surface area contributed by atoms with Gasteiger partial charge in [0.1, 0.15) is 18.0 Å². The van der Waals surface area contributed by atoms with Crippen LogP contribution in [0.15, 0.2) is 17.1 Å². The molecule has 1 aromatic heterocycles. The van der Waals surface area contributed by atoms with Gasteiger partial charge in [0.2, 0.25) is 4.58 Å². The van der Waals surface area contributed by atoms with Gasteiger partial charge >= 0.3 is 5.69 Å². The number of nitrogen functional groups attached to an aromatic ring is 1. The lowest BCUT2D eigenvalue weighted by Crippen LogP contribution is -2.51. The van der Waals surface area contributed by atoms with Gasteiger partial charge in [-0.05, 0) is 40.1 Å². The van der Waals surface area contributed by atoms with Gasteiger partial charge in [-0.25, -0.2) is 9.18 Å². The summed E-state index contributed by atoms with van der Waals surface area (Å²) in [5.74, 6) is 0.0334. The molecule has 0 spiro atoms. The lowest BCUT2D eigenvalue weighted by atomic mass is 10.1. The summed E-state index contributed by atoms with van der Waals surface area (Å²) in [6, 6.07) is 1.38. The van der Waals surface area contributed by atoms with Crippen molar-refractivity contribution in [2.24, 2.45) is 0 Å². The van der Waals surface area contributed by atoms with Crippen molar-refractivity contribution in [2.75, 3.05) is 12.3 Å². The monoisotopic (exact) mass is 437 g/mol. The largest absolute Gasteiger partial charge is 0.407 e. The number of hydrogen-bond donors (Lipinski definition) is 2. The topological polar surface area (TPSA) is 99.6 Å². The van der Waals surface area contributed by atoms with Crippen LogP contribution >= 0.6 is 15.9 Å². The number of aliphatic hydroxyl groups excluding tert-OH is 1. The van der Waals surface area contributed by atoms with Gasteiger partial charge in [-0.15, -0.1) is 0 Å². The summed E-state index contributed by atoms with van der Waals surface area (Å²) in [4.78, 5) is 15.7. The molecule has 0 unspecified atom stereocenters. The molecule has 0 saturated carbocycles. The Morgan fingerprint density at radius 2 is 2.16 bits per heavy atom. The predicted molar refractivity (Wildman–Crippen MR) is 98.7 cm³/mol. The molecule has 0 aliphatic carbocycles. The van der Waals surface area contributed by atoms with Crippen molar-refractivity contribution >= 4 is 30.1 Å². The van der Waals surface area contributed by atoms with E-state index in [9.17, 15) is 9.90 Å². The maximum absolute atomic E-state index is 15.6. The van der Waals surface area contributed by atoms with Crippen LogP contribution < -0.4 is 11.4 Å². The minimum atomic E-state index is -2.35. The van der Waals surface area contributed by atoms with Gasteiger partial charge < -0.3 is 20.0 Å². The molecule has 1 aliphatic heterocycles. The second-order valence-electron chi connectivity index (χ2n) is 7.73. The van der Waals surface area contributed by atoms with Crippen LogP contribution in [0.3, 0.4) is 0 Å². The van der Waals surface area contributed by atoms with Crippen LogP contribution in [0.25, 0.3) is 0 Å². The van der Waals surface area contributed by atoms with Crippen LogP contribution in [0.5, 0.6) is 0 Å². The average Bonchev–Trinajstić information content (AvgIpc) is 2.69. The quantitative estimate of drug-likeness (QED) is 0.552.